The van der Waals surface area contributed by atoms with Gasteiger partial charge in [-0.15, -0.1) is 0 Å². The van der Waals surface area contributed by atoms with E-state index in [0.717, 1.165) is 16.5 Å². The number of pyridine rings is 2. The van der Waals surface area contributed by atoms with Crippen LogP contribution in [0.4, 0.5) is 0 Å². The topological polar surface area (TPSA) is 63.2 Å². The van der Waals surface area contributed by atoms with Gasteiger partial charge in [0, 0.05) is 37.6 Å². The molecule has 0 aliphatic rings. The summed E-state index contributed by atoms with van der Waals surface area (Å²) in [5.41, 5.74) is 2.38. The van der Waals surface area contributed by atoms with Crippen LogP contribution < -0.4 is 0 Å². The lowest BCUT2D eigenvalue weighted by molar-refractivity contribution is 0.467. The lowest BCUT2D eigenvalue weighted by atomic mass is 10.2. The molecule has 0 fully saturated rings. The Labute approximate surface area is 135 Å². The minimum Gasteiger partial charge on any atom is -0.265 e. The first-order valence-corrected chi connectivity index (χ1v) is 8.63. The molecule has 0 aliphatic carbocycles. The molecule has 2 heterocycles. The molecule has 0 radical (unpaired) electrons. The van der Waals surface area contributed by atoms with Crippen molar-refractivity contribution < 1.29 is 8.42 Å². The van der Waals surface area contributed by atoms with E-state index in [0.29, 0.717) is 5.52 Å². The maximum Gasteiger partial charge on any atom is 0.245 e. The Hall–Kier alpha value is -2.31. The second kappa shape index (κ2) is 6.06. The van der Waals surface area contributed by atoms with Gasteiger partial charge in [0.15, 0.2) is 0 Å². The van der Waals surface area contributed by atoms with E-state index in [1.807, 2.05) is 19.1 Å². The van der Waals surface area contributed by atoms with E-state index in [9.17, 15) is 8.42 Å². The van der Waals surface area contributed by atoms with Crippen LogP contribution in [0.1, 0.15) is 11.1 Å². The van der Waals surface area contributed by atoms with Crippen molar-refractivity contribution in [3.05, 3.63) is 66.1 Å². The SMILES string of the molecule is Cc1cnc2c(S(=O)(=O)N(C)Cc3ccncc3)cccc2c1. The molecule has 3 aromatic rings. The molecule has 0 saturated carbocycles. The molecule has 0 unspecified atom stereocenters. The van der Waals surface area contributed by atoms with Crippen LogP contribution in [-0.2, 0) is 16.6 Å². The lowest BCUT2D eigenvalue weighted by Gasteiger charge is -2.18. The zero-order valence-corrected chi connectivity index (χ0v) is 13.8. The van der Waals surface area contributed by atoms with Gasteiger partial charge in [0.25, 0.3) is 0 Å². The van der Waals surface area contributed by atoms with Crippen LogP contribution in [0.2, 0.25) is 0 Å². The lowest BCUT2D eigenvalue weighted by Crippen LogP contribution is -2.26. The number of aromatic nitrogens is 2. The third-order valence-electron chi connectivity index (χ3n) is 3.65. The van der Waals surface area contributed by atoms with Crippen molar-refractivity contribution in [2.24, 2.45) is 0 Å². The highest BCUT2D eigenvalue weighted by Gasteiger charge is 2.23. The summed E-state index contributed by atoms with van der Waals surface area (Å²) in [4.78, 5) is 8.49. The smallest absolute Gasteiger partial charge is 0.245 e. The molecular formula is C17H17N3O2S. The van der Waals surface area contributed by atoms with E-state index < -0.39 is 10.0 Å². The summed E-state index contributed by atoms with van der Waals surface area (Å²) in [6.45, 7) is 2.22. The number of sulfonamides is 1. The number of benzene rings is 1. The summed E-state index contributed by atoms with van der Waals surface area (Å²) in [5, 5.41) is 0.823. The first kappa shape index (κ1) is 15.6. The molecular weight excluding hydrogens is 310 g/mol. The number of aryl methyl sites for hydroxylation is 1. The Balaban J connectivity index is 2.02. The first-order valence-electron chi connectivity index (χ1n) is 7.19. The Bertz CT molecular complexity index is 940. The molecule has 0 N–H and O–H groups in total. The van der Waals surface area contributed by atoms with Crippen LogP contribution in [0, 0.1) is 6.92 Å². The molecule has 23 heavy (non-hydrogen) atoms. The van der Waals surface area contributed by atoms with Crippen LogP contribution >= 0.6 is 0 Å². The Kier molecular flexibility index (Phi) is 4.11. The van der Waals surface area contributed by atoms with Crippen molar-refractivity contribution >= 4 is 20.9 Å². The van der Waals surface area contributed by atoms with E-state index in [2.05, 4.69) is 9.97 Å². The van der Waals surface area contributed by atoms with Gasteiger partial charge in [0.1, 0.15) is 4.90 Å². The number of hydrogen-bond donors (Lipinski definition) is 0. The number of rotatable bonds is 4. The van der Waals surface area contributed by atoms with Crippen molar-refractivity contribution in [3.63, 3.8) is 0 Å². The van der Waals surface area contributed by atoms with Crippen LogP contribution in [0.5, 0.6) is 0 Å². The molecule has 0 atom stereocenters. The average molecular weight is 327 g/mol. The zero-order chi connectivity index (χ0) is 16.4. The molecule has 0 spiro atoms. The van der Waals surface area contributed by atoms with Crippen molar-refractivity contribution in [2.75, 3.05) is 7.05 Å². The molecule has 2 aromatic heterocycles. The molecule has 0 saturated heterocycles. The third-order valence-corrected chi connectivity index (χ3v) is 5.49. The predicted octanol–water partition coefficient (Wildman–Crippen LogP) is 2.76. The summed E-state index contributed by atoms with van der Waals surface area (Å²) >= 11 is 0. The number of hydrogen-bond acceptors (Lipinski definition) is 4. The van der Waals surface area contributed by atoms with Gasteiger partial charge in [-0.25, -0.2) is 8.42 Å². The summed E-state index contributed by atoms with van der Waals surface area (Å²) in [5.74, 6) is 0. The number of fused-ring (bicyclic) bond motifs is 1. The van der Waals surface area contributed by atoms with Gasteiger partial charge in [-0.3, -0.25) is 9.97 Å². The highest BCUT2D eigenvalue weighted by Crippen LogP contribution is 2.24. The molecule has 118 valence electrons. The van der Waals surface area contributed by atoms with Gasteiger partial charge >= 0.3 is 0 Å². The normalized spacial score (nSPS) is 12.0. The predicted molar refractivity (Wildman–Crippen MR) is 89.4 cm³/mol. The van der Waals surface area contributed by atoms with Gasteiger partial charge in [-0.05, 0) is 42.3 Å². The number of para-hydroxylation sites is 1. The Morgan fingerprint density at radius 1 is 1.13 bits per heavy atom. The quantitative estimate of drug-likeness (QED) is 0.739. The second-order valence-electron chi connectivity index (χ2n) is 5.46. The molecule has 1 aromatic carbocycles. The summed E-state index contributed by atoms with van der Waals surface area (Å²) < 4.78 is 27.1. The summed E-state index contributed by atoms with van der Waals surface area (Å²) in [6.07, 6.45) is 4.99. The molecule has 5 nitrogen and oxygen atoms in total. The molecule has 6 heteroatoms. The monoisotopic (exact) mass is 327 g/mol. The van der Waals surface area contributed by atoms with Crippen LogP contribution in [-0.4, -0.2) is 29.7 Å². The number of nitrogens with zero attached hydrogens (tertiary/aromatic N) is 3. The Morgan fingerprint density at radius 2 is 1.87 bits per heavy atom. The maximum atomic E-state index is 12.9. The van der Waals surface area contributed by atoms with Crippen molar-refractivity contribution in [2.45, 2.75) is 18.4 Å². The summed E-state index contributed by atoms with van der Waals surface area (Å²) in [7, 11) is -2.05. The fourth-order valence-corrected chi connectivity index (χ4v) is 3.77. The molecule has 0 bridgehead atoms. The first-order chi connectivity index (χ1) is 11.0. The highest BCUT2D eigenvalue weighted by atomic mass is 32.2. The fourth-order valence-electron chi connectivity index (χ4n) is 2.45. The Morgan fingerprint density at radius 3 is 2.61 bits per heavy atom. The van der Waals surface area contributed by atoms with Crippen molar-refractivity contribution in [3.8, 4) is 0 Å². The minimum absolute atomic E-state index is 0.228. The maximum absolute atomic E-state index is 12.9. The van der Waals surface area contributed by atoms with Crippen LogP contribution in [0.15, 0.2) is 59.9 Å². The van der Waals surface area contributed by atoms with Crippen LogP contribution in [0.25, 0.3) is 10.9 Å². The standard InChI is InChI=1S/C17H17N3O2S/c1-13-10-15-4-3-5-16(17(15)19-11-13)23(21,22)20(2)12-14-6-8-18-9-7-14/h3-11H,12H2,1-2H3. The van der Waals surface area contributed by atoms with Crippen molar-refractivity contribution in [1.29, 1.82) is 0 Å². The largest absolute Gasteiger partial charge is 0.265 e. The van der Waals surface area contributed by atoms with E-state index in [1.165, 1.54) is 4.31 Å². The van der Waals surface area contributed by atoms with Crippen LogP contribution in [0.3, 0.4) is 0 Å². The zero-order valence-electron chi connectivity index (χ0n) is 13.0. The molecule has 0 amide bonds. The third kappa shape index (κ3) is 3.09. The van der Waals surface area contributed by atoms with Gasteiger partial charge in [0.05, 0.1) is 5.52 Å². The van der Waals surface area contributed by atoms with Gasteiger partial charge in [-0.1, -0.05) is 12.1 Å². The fraction of sp³-hybridized carbons (Fsp3) is 0.176. The van der Waals surface area contributed by atoms with Gasteiger partial charge in [0.2, 0.25) is 10.0 Å². The molecule has 0 aliphatic heterocycles. The minimum atomic E-state index is -3.63. The van der Waals surface area contributed by atoms with Gasteiger partial charge in [-0.2, -0.15) is 4.31 Å². The average Bonchev–Trinajstić information content (AvgIpc) is 2.54. The van der Waals surface area contributed by atoms with E-state index >= 15 is 0 Å². The molecule has 3 rings (SSSR count). The summed E-state index contributed by atoms with van der Waals surface area (Å²) in [6, 6.07) is 10.8. The van der Waals surface area contributed by atoms with E-state index in [1.54, 1.807) is 49.9 Å². The van der Waals surface area contributed by atoms with E-state index in [4.69, 9.17) is 0 Å². The second-order valence-corrected chi connectivity index (χ2v) is 7.47. The van der Waals surface area contributed by atoms with Gasteiger partial charge < -0.3 is 0 Å². The highest BCUT2D eigenvalue weighted by molar-refractivity contribution is 7.89. The van der Waals surface area contributed by atoms with E-state index in [-0.39, 0.29) is 11.4 Å². The van der Waals surface area contributed by atoms with Crippen molar-refractivity contribution in [1.82, 2.24) is 14.3 Å².